The minimum atomic E-state index is -0.347. The zero-order valence-electron chi connectivity index (χ0n) is 13.3. The van der Waals surface area contributed by atoms with Crippen LogP contribution in [0.25, 0.3) is 0 Å². The summed E-state index contributed by atoms with van der Waals surface area (Å²) >= 11 is 3.55. The van der Waals surface area contributed by atoms with Crippen LogP contribution in [-0.4, -0.2) is 24.4 Å². The van der Waals surface area contributed by atoms with Gasteiger partial charge in [-0.05, 0) is 61.3 Å². The van der Waals surface area contributed by atoms with Crippen molar-refractivity contribution in [1.82, 2.24) is 0 Å². The number of ether oxygens (including phenoxy) is 3. The predicted octanol–water partition coefficient (Wildman–Crippen LogP) is 3.64. The fourth-order valence-corrected chi connectivity index (χ4v) is 3.43. The summed E-state index contributed by atoms with van der Waals surface area (Å²) in [6.45, 7) is 8.74. The molecule has 1 aliphatic rings. The quantitative estimate of drug-likeness (QED) is 0.893. The zero-order chi connectivity index (χ0) is 15.8. The third-order valence-electron chi connectivity index (χ3n) is 3.78. The molecule has 118 valence electrons. The predicted molar refractivity (Wildman–Crippen MR) is 86.9 cm³/mol. The topological polar surface area (TPSA) is 53.7 Å². The number of halogens is 1. The lowest BCUT2D eigenvalue weighted by molar-refractivity contribution is -0.0848. The van der Waals surface area contributed by atoms with Crippen LogP contribution in [-0.2, 0) is 11.3 Å². The molecule has 1 fully saturated rings. The van der Waals surface area contributed by atoms with Crippen LogP contribution in [0.2, 0.25) is 0 Å². The first kappa shape index (κ1) is 16.6. The fraction of sp³-hybridized carbons (Fsp3) is 0.625. The molecular weight excluding hydrogens is 334 g/mol. The molecule has 21 heavy (non-hydrogen) atoms. The van der Waals surface area contributed by atoms with E-state index in [0.717, 1.165) is 16.5 Å². The van der Waals surface area contributed by atoms with E-state index >= 15 is 0 Å². The maximum absolute atomic E-state index is 6.24. The first-order chi connectivity index (χ1) is 9.68. The van der Waals surface area contributed by atoms with E-state index in [-0.39, 0.29) is 17.3 Å². The Kier molecular flexibility index (Phi) is 4.57. The zero-order valence-corrected chi connectivity index (χ0v) is 14.9. The minimum Gasteiger partial charge on any atom is -0.493 e. The van der Waals surface area contributed by atoms with E-state index < -0.39 is 0 Å². The van der Waals surface area contributed by atoms with Crippen LogP contribution >= 0.6 is 15.9 Å². The van der Waals surface area contributed by atoms with Gasteiger partial charge in [-0.3, -0.25) is 0 Å². The SMILES string of the molecule is COc1cc(CN)cc(Br)c1OC1CC(C)(C)OC1(C)C. The standard InChI is InChI=1S/C16H24BrNO3/c1-15(2)8-13(16(3,4)21-15)20-14-11(17)6-10(9-18)7-12(14)19-5/h6-7,13H,8-9,18H2,1-5H3. The minimum absolute atomic E-state index is 0.0403. The molecule has 1 aromatic rings. The first-order valence-corrected chi connectivity index (χ1v) is 7.91. The molecule has 1 heterocycles. The lowest BCUT2D eigenvalue weighted by atomic mass is 9.97. The van der Waals surface area contributed by atoms with Gasteiger partial charge >= 0.3 is 0 Å². The monoisotopic (exact) mass is 357 g/mol. The van der Waals surface area contributed by atoms with E-state index in [4.69, 9.17) is 19.9 Å². The average molecular weight is 358 g/mol. The molecule has 0 spiro atoms. The van der Waals surface area contributed by atoms with Gasteiger partial charge in [-0.1, -0.05) is 0 Å². The summed E-state index contributed by atoms with van der Waals surface area (Å²) in [5.74, 6) is 1.39. The average Bonchev–Trinajstić information content (AvgIpc) is 2.59. The number of methoxy groups -OCH3 is 1. The first-order valence-electron chi connectivity index (χ1n) is 7.12. The Morgan fingerprint density at radius 1 is 1.33 bits per heavy atom. The Balaban J connectivity index is 2.31. The summed E-state index contributed by atoms with van der Waals surface area (Å²) in [5, 5.41) is 0. The summed E-state index contributed by atoms with van der Waals surface area (Å²) in [5.41, 5.74) is 6.16. The largest absolute Gasteiger partial charge is 0.493 e. The number of hydrogen-bond acceptors (Lipinski definition) is 4. The number of benzene rings is 1. The van der Waals surface area contributed by atoms with E-state index in [9.17, 15) is 0 Å². The summed E-state index contributed by atoms with van der Waals surface area (Å²) in [6, 6.07) is 3.87. The summed E-state index contributed by atoms with van der Waals surface area (Å²) in [6.07, 6.45) is 0.787. The van der Waals surface area contributed by atoms with Crippen LogP contribution in [0.3, 0.4) is 0 Å². The van der Waals surface area contributed by atoms with Crippen molar-refractivity contribution in [3.63, 3.8) is 0 Å². The van der Waals surface area contributed by atoms with Crippen LogP contribution in [0.1, 0.15) is 39.7 Å². The van der Waals surface area contributed by atoms with Gasteiger partial charge in [0.05, 0.1) is 17.2 Å². The van der Waals surface area contributed by atoms with Crippen molar-refractivity contribution in [1.29, 1.82) is 0 Å². The molecule has 2 N–H and O–H groups in total. The smallest absolute Gasteiger partial charge is 0.175 e. The van der Waals surface area contributed by atoms with E-state index in [1.165, 1.54) is 0 Å². The Morgan fingerprint density at radius 2 is 2.00 bits per heavy atom. The van der Waals surface area contributed by atoms with Crippen molar-refractivity contribution >= 4 is 15.9 Å². The van der Waals surface area contributed by atoms with Crippen molar-refractivity contribution in [3.05, 3.63) is 22.2 Å². The molecule has 4 nitrogen and oxygen atoms in total. The lowest BCUT2D eigenvalue weighted by Gasteiger charge is -2.28. The highest BCUT2D eigenvalue weighted by Crippen LogP contribution is 2.44. The van der Waals surface area contributed by atoms with Gasteiger partial charge in [0, 0.05) is 13.0 Å². The van der Waals surface area contributed by atoms with Gasteiger partial charge in [-0.25, -0.2) is 0 Å². The highest BCUT2D eigenvalue weighted by atomic mass is 79.9. The van der Waals surface area contributed by atoms with Gasteiger partial charge in [0.25, 0.3) is 0 Å². The molecule has 2 rings (SSSR count). The molecule has 0 bridgehead atoms. The Bertz CT molecular complexity index is 528. The van der Waals surface area contributed by atoms with Crippen molar-refractivity contribution < 1.29 is 14.2 Å². The summed E-state index contributed by atoms with van der Waals surface area (Å²) < 4.78 is 18.6. The van der Waals surface area contributed by atoms with Crippen molar-refractivity contribution in [3.8, 4) is 11.5 Å². The molecule has 1 aromatic carbocycles. The Labute approximate surface area is 135 Å². The van der Waals surface area contributed by atoms with Gasteiger partial charge in [-0.15, -0.1) is 0 Å². The van der Waals surface area contributed by atoms with Crippen LogP contribution in [0.5, 0.6) is 11.5 Å². The van der Waals surface area contributed by atoms with Gasteiger partial charge in [0.1, 0.15) is 11.7 Å². The molecule has 1 atom stereocenters. The van der Waals surface area contributed by atoms with Gasteiger partial charge in [-0.2, -0.15) is 0 Å². The van der Waals surface area contributed by atoms with Crippen LogP contribution < -0.4 is 15.2 Å². The van der Waals surface area contributed by atoms with Crippen molar-refractivity contribution in [2.45, 2.75) is 58.0 Å². The molecular formula is C16H24BrNO3. The molecule has 1 unspecified atom stereocenters. The summed E-state index contributed by atoms with van der Waals surface area (Å²) in [7, 11) is 1.63. The molecule has 1 aliphatic heterocycles. The van der Waals surface area contributed by atoms with E-state index in [1.54, 1.807) is 7.11 Å². The van der Waals surface area contributed by atoms with E-state index in [2.05, 4.69) is 43.6 Å². The number of hydrogen-bond donors (Lipinski definition) is 1. The van der Waals surface area contributed by atoms with Crippen LogP contribution in [0.4, 0.5) is 0 Å². The van der Waals surface area contributed by atoms with Gasteiger partial charge in [0.2, 0.25) is 0 Å². The summed E-state index contributed by atoms with van der Waals surface area (Å²) in [4.78, 5) is 0. The fourth-order valence-electron chi connectivity index (χ4n) is 2.84. The van der Waals surface area contributed by atoms with Gasteiger partial charge < -0.3 is 19.9 Å². The molecule has 0 aromatic heterocycles. The van der Waals surface area contributed by atoms with Crippen molar-refractivity contribution in [2.24, 2.45) is 5.73 Å². The Morgan fingerprint density at radius 3 is 2.48 bits per heavy atom. The molecule has 5 heteroatoms. The highest BCUT2D eigenvalue weighted by Gasteiger charge is 2.47. The second kappa shape index (κ2) is 5.78. The maximum atomic E-state index is 6.24. The van der Waals surface area contributed by atoms with Crippen molar-refractivity contribution in [2.75, 3.05) is 7.11 Å². The molecule has 1 saturated heterocycles. The second-order valence-corrected chi connectivity index (χ2v) is 7.44. The molecule has 0 radical (unpaired) electrons. The third kappa shape index (κ3) is 3.52. The highest BCUT2D eigenvalue weighted by molar-refractivity contribution is 9.10. The maximum Gasteiger partial charge on any atom is 0.175 e. The molecule has 0 amide bonds. The molecule has 0 saturated carbocycles. The third-order valence-corrected chi connectivity index (χ3v) is 4.37. The Hall–Kier alpha value is -0.780. The van der Waals surface area contributed by atoms with Crippen LogP contribution in [0, 0.1) is 0 Å². The van der Waals surface area contributed by atoms with E-state index in [0.29, 0.717) is 18.0 Å². The normalized spacial score (nSPS) is 23.1. The molecule has 0 aliphatic carbocycles. The number of nitrogens with two attached hydrogens (primary N) is 1. The van der Waals surface area contributed by atoms with E-state index in [1.807, 2.05) is 12.1 Å². The lowest BCUT2D eigenvalue weighted by Crippen LogP contribution is -2.36. The number of rotatable bonds is 4. The van der Waals surface area contributed by atoms with Crippen LogP contribution in [0.15, 0.2) is 16.6 Å². The second-order valence-electron chi connectivity index (χ2n) is 6.59. The van der Waals surface area contributed by atoms with Gasteiger partial charge in [0.15, 0.2) is 11.5 Å².